The van der Waals surface area contributed by atoms with Gasteiger partial charge in [-0.25, -0.2) is 17.5 Å². The molecule has 0 saturated heterocycles. The Balaban J connectivity index is 1.99. The van der Waals surface area contributed by atoms with Crippen molar-refractivity contribution in [1.29, 1.82) is 0 Å². The molecule has 0 radical (unpaired) electrons. The van der Waals surface area contributed by atoms with Gasteiger partial charge in [0.15, 0.2) is 0 Å². The van der Waals surface area contributed by atoms with Crippen molar-refractivity contribution in [2.75, 3.05) is 6.54 Å². The standard InChI is InChI=1S/C13H17FN4O2S/c14-12-4-3-11(10-15)13(9-12)21(19,20)17-6-2-8-18-7-1-5-16-18/h1,3-5,7,9,17H,2,6,8,10,15H2. The second-order valence-electron chi connectivity index (χ2n) is 4.48. The third-order valence-electron chi connectivity index (χ3n) is 2.95. The van der Waals surface area contributed by atoms with E-state index in [-0.39, 0.29) is 18.0 Å². The van der Waals surface area contributed by atoms with Crippen molar-refractivity contribution < 1.29 is 12.8 Å². The lowest BCUT2D eigenvalue weighted by Crippen LogP contribution is -2.27. The largest absolute Gasteiger partial charge is 0.326 e. The molecule has 0 amide bonds. The van der Waals surface area contributed by atoms with Gasteiger partial charge >= 0.3 is 0 Å². The molecule has 2 aromatic rings. The zero-order valence-electron chi connectivity index (χ0n) is 11.4. The summed E-state index contributed by atoms with van der Waals surface area (Å²) in [5.74, 6) is -0.607. The third-order valence-corrected chi connectivity index (χ3v) is 4.50. The molecule has 0 unspecified atom stereocenters. The maximum absolute atomic E-state index is 13.2. The van der Waals surface area contributed by atoms with Gasteiger partial charge in [-0.1, -0.05) is 6.07 Å². The first-order chi connectivity index (χ1) is 10.0. The number of rotatable bonds is 7. The van der Waals surface area contributed by atoms with Gasteiger partial charge < -0.3 is 5.73 Å². The minimum atomic E-state index is -3.77. The summed E-state index contributed by atoms with van der Waals surface area (Å²) in [6, 6.07) is 5.36. The van der Waals surface area contributed by atoms with E-state index in [0.717, 1.165) is 6.07 Å². The van der Waals surface area contributed by atoms with Crippen molar-refractivity contribution in [2.45, 2.75) is 24.4 Å². The van der Waals surface area contributed by atoms with Crippen molar-refractivity contribution in [3.63, 3.8) is 0 Å². The minimum absolute atomic E-state index is 0.0316. The van der Waals surface area contributed by atoms with Gasteiger partial charge in [0.25, 0.3) is 0 Å². The van der Waals surface area contributed by atoms with E-state index in [0.29, 0.717) is 18.5 Å². The number of hydrogen-bond acceptors (Lipinski definition) is 4. The van der Waals surface area contributed by atoms with Crippen molar-refractivity contribution in [2.24, 2.45) is 5.73 Å². The Morgan fingerprint density at radius 2 is 2.19 bits per heavy atom. The molecule has 0 fully saturated rings. The zero-order chi connectivity index (χ0) is 15.3. The average Bonchev–Trinajstić information content (AvgIpc) is 2.97. The van der Waals surface area contributed by atoms with Crippen LogP contribution in [0.5, 0.6) is 0 Å². The van der Waals surface area contributed by atoms with Crippen LogP contribution >= 0.6 is 0 Å². The van der Waals surface area contributed by atoms with Gasteiger partial charge in [-0.3, -0.25) is 4.68 Å². The van der Waals surface area contributed by atoms with Gasteiger partial charge in [0.1, 0.15) is 5.82 Å². The highest BCUT2D eigenvalue weighted by Crippen LogP contribution is 2.16. The van der Waals surface area contributed by atoms with Crippen molar-refractivity contribution in [1.82, 2.24) is 14.5 Å². The van der Waals surface area contributed by atoms with E-state index >= 15 is 0 Å². The summed E-state index contributed by atoms with van der Waals surface area (Å²) in [5.41, 5.74) is 5.88. The van der Waals surface area contributed by atoms with Gasteiger partial charge in [0.05, 0.1) is 4.90 Å². The fraction of sp³-hybridized carbons (Fsp3) is 0.308. The molecule has 1 aromatic carbocycles. The summed E-state index contributed by atoms with van der Waals surface area (Å²) in [6.45, 7) is 0.870. The SMILES string of the molecule is NCc1ccc(F)cc1S(=O)(=O)NCCCn1cccn1. The Hall–Kier alpha value is -1.77. The molecule has 3 N–H and O–H groups in total. The van der Waals surface area contributed by atoms with Gasteiger partial charge in [0.2, 0.25) is 10.0 Å². The van der Waals surface area contributed by atoms with Crippen molar-refractivity contribution in [3.8, 4) is 0 Å². The lowest BCUT2D eigenvalue weighted by atomic mass is 10.2. The van der Waals surface area contributed by atoms with Gasteiger partial charge in [-0.2, -0.15) is 5.10 Å². The molecular weight excluding hydrogens is 295 g/mol. The maximum atomic E-state index is 13.2. The van der Waals surface area contributed by atoms with Crippen LogP contribution in [0, 0.1) is 5.82 Å². The predicted octanol–water partition coefficient (Wildman–Crippen LogP) is 0.849. The third kappa shape index (κ3) is 4.10. The average molecular weight is 312 g/mol. The number of aromatic nitrogens is 2. The molecule has 0 saturated carbocycles. The lowest BCUT2D eigenvalue weighted by Gasteiger charge is -2.10. The van der Waals surface area contributed by atoms with E-state index in [1.54, 1.807) is 23.1 Å². The van der Waals surface area contributed by atoms with Crippen LogP contribution in [0.25, 0.3) is 0 Å². The van der Waals surface area contributed by atoms with E-state index in [1.807, 2.05) is 0 Å². The molecule has 2 rings (SSSR count). The first kappa shape index (κ1) is 15.6. The Morgan fingerprint density at radius 1 is 1.38 bits per heavy atom. The summed E-state index contributed by atoms with van der Waals surface area (Å²) in [6.07, 6.45) is 4.03. The van der Waals surface area contributed by atoms with E-state index in [2.05, 4.69) is 9.82 Å². The number of halogens is 1. The molecule has 0 aliphatic heterocycles. The molecule has 1 aromatic heterocycles. The van der Waals surface area contributed by atoms with E-state index in [4.69, 9.17) is 5.73 Å². The summed E-state index contributed by atoms with van der Waals surface area (Å²) in [4.78, 5) is -0.107. The van der Waals surface area contributed by atoms with Crippen molar-refractivity contribution in [3.05, 3.63) is 48.0 Å². The Bertz CT molecular complexity index is 686. The number of nitrogens with two attached hydrogens (primary N) is 1. The van der Waals surface area contributed by atoms with Crippen LogP contribution in [0.3, 0.4) is 0 Å². The monoisotopic (exact) mass is 312 g/mol. The highest BCUT2D eigenvalue weighted by molar-refractivity contribution is 7.89. The van der Waals surface area contributed by atoms with Gasteiger partial charge in [0, 0.05) is 32.0 Å². The highest BCUT2D eigenvalue weighted by atomic mass is 32.2. The Labute approximate surface area is 122 Å². The van der Waals surface area contributed by atoms with Crippen molar-refractivity contribution >= 4 is 10.0 Å². The molecule has 0 bridgehead atoms. The molecule has 114 valence electrons. The fourth-order valence-corrected chi connectivity index (χ4v) is 3.24. The number of aryl methyl sites for hydroxylation is 1. The van der Waals surface area contributed by atoms with Crippen LogP contribution in [0.1, 0.15) is 12.0 Å². The first-order valence-electron chi connectivity index (χ1n) is 6.48. The highest BCUT2D eigenvalue weighted by Gasteiger charge is 2.18. The van der Waals surface area contributed by atoms with Gasteiger partial charge in [-0.15, -0.1) is 0 Å². The molecule has 0 spiro atoms. The number of nitrogens with zero attached hydrogens (tertiary/aromatic N) is 2. The zero-order valence-corrected chi connectivity index (χ0v) is 12.2. The molecule has 6 nitrogen and oxygen atoms in total. The summed E-state index contributed by atoms with van der Waals surface area (Å²) in [5, 5.41) is 4.02. The Kier molecular flexibility index (Phi) is 5.05. The smallest absolute Gasteiger partial charge is 0.240 e. The second kappa shape index (κ2) is 6.79. The normalized spacial score (nSPS) is 11.7. The molecule has 8 heteroatoms. The molecule has 0 atom stereocenters. The Morgan fingerprint density at radius 3 is 2.86 bits per heavy atom. The van der Waals surface area contributed by atoms with Crippen LogP contribution in [0.4, 0.5) is 4.39 Å². The predicted molar refractivity (Wildman–Crippen MR) is 76.3 cm³/mol. The molecule has 1 heterocycles. The number of sulfonamides is 1. The quantitative estimate of drug-likeness (QED) is 0.742. The second-order valence-corrected chi connectivity index (χ2v) is 6.21. The van der Waals surface area contributed by atoms with Crippen LogP contribution in [-0.4, -0.2) is 24.7 Å². The maximum Gasteiger partial charge on any atom is 0.240 e. The molecule has 0 aliphatic carbocycles. The topological polar surface area (TPSA) is 90.0 Å². The minimum Gasteiger partial charge on any atom is -0.326 e. The van der Waals surface area contributed by atoms with Gasteiger partial charge in [-0.05, 0) is 30.2 Å². The number of benzene rings is 1. The van der Waals surface area contributed by atoms with Crippen LogP contribution < -0.4 is 10.5 Å². The van der Waals surface area contributed by atoms with Crippen LogP contribution in [0.2, 0.25) is 0 Å². The number of nitrogens with one attached hydrogen (secondary N) is 1. The van der Waals surface area contributed by atoms with E-state index in [1.165, 1.54) is 12.1 Å². The molecule has 21 heavy (non-hydrogen) atoms. The first-order valence-corrected chi connectivity index (χ1v) is 7.97. The van der Waals surface area contributed by atoms with Crippen LogP contribution in [0.15, 0.2) is 41.6 Å². The van der Waals surface area contributed by atoms with Crippen LogP contribution in [-0.2, 0) is 23.1 Å². The van der Waals surface area contributed by atoms with E-state index in [9.17, 15) is 12.8 Å². The molecule has 0 aliphatic rings. The summed E-state index contributed by atoms with van der Waals surface area (Å²) < 4.78 is 41.7. The fourth-order valence-electron chi connectivity index (χ4n) is 1.91. The summed E-state index contributed by atoms with van der Waals surface area (Å²) >= 11 is 0. The lowest BCUT2D eigenvalue weighted by molar-refractivity contribution is 0.551. The number of hydrogen-bond donors (Lipinski definition) is 2. The van der Waals surface area contributed by atoms with E-state index < -0.39 is 15.8 Å². The molecular formula is C13H17FN4O2S. The summed E-state index contributed by atoms with van der Waals surface area (Å²) in [7, 11) is -3.77.